The Morgan fingerprint density at radius 3 is 1.88 bits per heavy atom. The Morgan fingerprint density at radius 1 is 0.818 bits per heavy atom. The van der Waals surface area contributed by atoms with Crippen LogP contribution in [0.4, 0.5) is 16.2 Å². The second kappa shape index (κ2) is 9.71. The number of anilines is 2. The van der Waals surface area contributed by atoms with Gasteiger partial charge in [-0.05, 0) is 55.0 Å². The molecule has 0 unspecified atom stereocenters. The lowest BCUT2D eigenvalue weighted by molar-refractivity contribution is -0.121. The molecular weight excluding hydrogens is 440 g/mol. The molecule has 3 aromatic carbocycles. The molecule has 1 heterocycles. The smallest absolute Gasteiger partial charge is 0.343 e. The number of nitrogens with zero attached hydrogens (tertiary/aromatic N) is 2. The Kier molecular flexibility index (Phi) is 6.56. The van der Waals surface area contributed by atoms with E-state index >= 15 is 0 Å². The number of amides is 4. The van der Waals surface area contributed by atoms with E-state index < -0.39 is 17.8 Å². The van der Waals surface area contributed by atoms with Gasteiger partial charge in [-0.3, -0.25) is 9.59 Å². The summed E-state index contributed by atoms with van der Waals surface area (Å²) in [6.45, 7) is 2.44. The predicted molar refractivity (Wildman–Crippen MR) is 128 cm³/mol. The molecule has 0 atom stereocenters. The number of barbiturate groups is 1. The highest BCUT2D eigenvalue weighted by molar-refractivity contribution is 6.46. The van der Waals surface area contributed by atoms with Crippen LogP contribution in [0, 0.1) is 0 Å². The van der Waals surface area contributed by atoms with Crippen LogP contribution in [0.1, 0.15) is 18.9 Å². The van der Waals surface area contributed by atoms with Gasteiger partial charge in [-0.2, -0.15) is 0 Å². The summed E-state index contributed by atoms with van der Waals surface area (Å²) in [5.74, 6) is -0.946. The summed E-state index contributed by atoms with van der Waals surface area (Å²) in [7, 11) is 0. The summed E-state index contributed by atoms with van der Waals surface area (Å²) < 4.78 is 5.78. The van der Waals surface area contributed by atoms with Crippen LogP contribution in [0.5, 0.6) is 5.75 Å². The molecule has 0 saturated carbocycles. The van der Waals surface area contributed by atoms with Gasteiger partial charge in [-0.25, -0.2) is 14.6 Å². The van der Waals surface area contributed by atoms with Gasteiger partial charge in [0.15, 0.2) is 0 Å². The Labute approximate surface area is 196 Å². The van der Waals surface area contributed by atoms with Crippen molar-refractivity contribution in [1.82, 2.24) is 0 Å². The van der Waals surface area contributed by atoms with Crippen LogP contribution >= 0.6 is 11.6 Å². The molecule has 0 N–H and O–H groups in total. The third kappa shape index (κ3) is 4.52. The van der Waals surface area contributed by atoms with E-state index in [1.807, 2.05) is 6.92 Å². The Balaban J connectivity index is 1.87. The average Bonchev–Trinajstić information content (AvgIpc) is 2.83. The van der Waals surface area contributed by atoms with Crippen molar-refractivity contribution in [2.45, 2.75) is 13.3 Å². The van der Waals surface area contributed by atoms with Crippen LogP contribution in [0.25, 0.3) is 6.08 Å². The maximum Gasteiger partial charge on any atom is 0.343 e. The van der Waals surface area contributed by atoms with Crippen LogP contribution < -0.4 is 14.5 Å². The number of ether oxygens (including phenoxy) is 1. The molecule has 7 heteroatoms. The zero-order chi connectivity index (χ0) is 23.4. The molecule has 33 heavy (non-hydrogen) atoms. The topological polar surface area (TPSA) is 66.9 Å². The number of halogens is 1. The molecule has 166 valence electrons. The first-order valence-electron chi connectivity index (χ1n) is 10.5. The number of hydrogen-bond donors (Lipinski definition) is 0. The molecule has 4 rings (SSSR count). The van der Waals surface area contributed by atoms with Crippen molar-refractivity contribution in [3.05, 3.63) is 95.0 Å². The summed E-state index contributed by atoms with van der Waals surface area (Å²) in [4.78, 5) is 42.2. The molecule has 6 nitrogen and oxygen atoms in total. The highest BCUT2D eigenvalue weighted by Crippen LogP contribution is 2.32. The van der Waals surface area contributed by atoms with Crippen molar-refractivity contribution < 1.29 is 19.1 Å². The number of imide groups is 2. The van der Waals surface area contributed by atoms with Crippen molar-refractivity contribution >= 4 is 46.9 Å². The highest BCUT2D eigenvalue weighted by Gasteiger charge is 2.43. The standard InChI is InChI=1S/C26H21ClN2O4/c1-2-15-33-23-14-13-19(27)16-18(23)17-22-24(30)28(20-9-5-3-6-10-20)26(32)29(25(22)31)21-11-7-4-8-12-21/h3-14,16-17H,2,15H2,1H3. The third-order valence-corrected chi connectivity index (χ3v) is 5.25. The maximum absolute atomic E-state index is 13.5. The van der Waals surface area contributed by atoms with Crippen molar-refractivity contribution in [3.8, 4) is 5.75 Å². The van der Waals surface area contributed by atoms with Crippen LogP contribution in [0.2, 0.25) is 5.02 Å². The fourth-order valence-corrected chi connectivity index (χ4v) is 3.65. The minimum absolute atomic E-state index is 0.175. The summed E-state index contributed by atoms with van der Waals surface area (Å²) in [5.41, 5.74) is 1.02. The molecule has 0 bridgehead atoms. The van der Waals surface area contributed by atoms with E-state index in [4.69, 9.17) is 16.3 Å². The molecule has 0 spiro atoms. The number of carbonyl (C=O) groups is 3. The first kappa shape index (κ1) is 22.3. The molecule has 1 saturated heterocycles. The average molecular weight is 461 g/mol. The molecule has 0 aromatic heterocycles. The van der Waals surface area contributed by atoms with Crippen LogP contribution in [0.3, 0.4) is 0 Å². The maximum atomic E-state index is 13.5. The van der Waals surface area contributed by atoms with E-state index in [-0.39, 0.29) is 5.57 Å². The molecule has 1 aliphatic heterocycles. The number of rotatable bonds is 6. The van der Waals surface area contributed by atoms with Crippen molar-refractivity contribution in [2.24, 2.45) is 0 Å². The minimum atomic E-state index is -0.742. The minimum Gasteiger partial charge on any atom is -0.493 e. The van der Waals surface area contributed by atoms with Gasteiger partial charge in [0.2, 0.25) is 0 Å². The summed E-state index contributed by atoms with van der Waals surface area (Å²) in [6, 6.07) is 21.2. The number of carbonyl (C=O) groups excluding carboxylic acids is 3. The van der Waals surface area contributed by atoms with Gasteiger partial charge < -0.3 is 4.74 Å². The Hall–Kier alpha value is -3.90. The van der Waals surface area contributed by atoms with E-state index in [0.717, 1.165) is 16.2 Å². The fraction of sp³-hybridized carbons (Fsp3) is 0.115. The fourth-order valence-electron chi connectivity index (χ4n) is 3.47. The van der Waals surface area contributed by atoms with Crippen LogP contribution in [-0.2, 0) is 9.59 Å². The first-order chi connectivity index (χ1) is 16.0. The summed E-state index contributed by atoms with van der Waals surface area (Å²) in [5, 5.41) is 0.428. The first-order valence-corrected chi connectivity index (χ1v) is 10.9. The summed E-state index contributed by atoms with van der Waals surface area (Å²) in [6.07, 6.45) is 2.22. The van der Waals surface area contributed by atoms with Gasteiger partial charge >= 0.3 is 6.03 Å². The Morgan fingerprint density at radius 2 is 1.36 bits per heavy atom. The molecule has 4 amide bonds. The Bertz CT molecular complexity index is 1160. The quantitative estimate of drug-likeness (QED) is 0.349. The molecule has 0 radical (unpaired) electrons. The third-order valence-electron chi connectivity index (χ3n) is 5.01. The monoisotopic (exact) mass is 460 g/mol. The number of urea groups is 1. The highest BCUT2D eigenvalue weighted by atomic mass is 35.5. The van der Waals surface area contributed by atoms with Gasteiger partial charge in [0.25, 0.3) is 11.8 Å². The lowest BCUT2D eigenvalue weighted by Gasteiger charge is -2.34. The van der Waals surface area contributed by atoms with Gasteiger partial charge in [0.1, 0.15) is 11.3 Å². The largest absolute Gasteiger partial charge is 0.493 e. The summed E-state index contributed by atoms with van der Waals surface area (Å²) >= 11 is 6.18. The second-order valence-electron chi connectivity index (χ2n) is 7.32. The van der Waals surface area contributed by atoms with Crippen LogP contribution in [0.15, 0.2) is 84.4 Å². The molecular formula is C26H21ClN2O4. The van der Waals surface area contributed by atoms with E-state index in [0.29, 0.717) is 34.3 Å². The number of para-hydroxylation sites is 2. The molecule has 0 aliphatic carbocycles. The SMILES string of the molecule is CCCOc1ccc(Cl)cc1C=C1C(=O)N(c2ccccc2)C(=O)N(c2ccccc2)C1=O. The van der Waals surface area contributed by atoms with E-state index in [1.54, 1.807) is 78.9 Å². The number of hydrogen-bond acceptors (Lipinski definition) is 4. The molecule has 1 aliphatic rings. The van der Waals surface area contributed by atoms with Crippen LogP contribution in [-0.4, -0.2) is 24.5 Å². The van der Waals surface area contributed by atoms with E-state index in [2.05, 4.69) is 0 Å². The van der Waals surface area contributed by atoms with Gasteiger partial charge in [-0.15, -0.1) is 0 Å². The lowest BCUT2D eigenvalue weighted by atomic mass is 10.0. The van der Waals surface area contributed by atoms with Crippen molar-refractivity contribution in [1.29, 1.82) is 0 Å². The second-order valence-corrected chi connectivity index (χ2v) is 7.76. The van der Waals surface area contributed by atoms with E-state index in [1.165, 1.54) is 6.08 Å². The van der Waals surface area contributed by atoms with Gasteiger partial charge in [-0.1, -0.05) is 54.9 Å². The lowest BCUT2D eigenvalue weighted by Crippen LogP contribution is -2.57. The molecule has 1 fully saturated rings. The normalized spacial score (nSPS) is 14.0. The van der Waals surface area contributed by atoms with Crippen molar-refractivity contribution in [3.63, 3.8) is 0 Å². The van der Waals surface area contributed by atoms with Gasteiger partial charge in [0, 0.05) is 10.6 Å². The zero-order valence-corrected chi connectivity index (χ0v) is 18.7. The molecule has 3 aromatic rings. The zero-order valence-electron chi connectivity index (χ0n) is 17.9. The van der Waals surface area contributed by atoms with Gasteiger partial charge in [0.05, 0.1) is 18.0 Å². The van der Waals surface area contributed by atoms with Crippen molar-refractivity contribution in [2.75, 3.05) is 16.4 Å². The van der Waals surface area contributed by atoms with E-state index in [9.17, 15) is 14.4 Å². The predicted octanol–water partition coefficient (Wildman–Crippen LogP) is 5.71. The number of benzene rings is 3.